The summed E-state index contributed by atoms with van der Waals surface area (Å²) in [4.78, 5) is 2.87. The summed E-state index contributed by atoms with van der Waals surface area (Å²) >= 11 is 1.37. The van der Waals surface area contributed by atoms with Gasteiger partial charge in [-0.3, -0.25) is 4.90 Å². The second-order valence-electron chi connectivity index (χ2n) is 7.86. The van der Waals surface area contributed by atoms with E-state index in [-0.39, 0.29) is 5.75 Å². The number of halogens is 1. The van der Waals surface area contributed by atoms with Crippen molar-refractivity contribution in [2.75, 3.05) is 32.1 Å². The molecule has 7 heteroatoms. The van der Waals surface area contributed by atoms with E-state index in [0.29, 0.717) is 29.0 Å². The fraction of sp³-hybridized carbons (Fsp3) is 0.357. The minimum absolute atomic E-state index is 0.313. The molecule has 0 bridgehead atoms. The zero-order chi connectivity index (χ0) is 25.5. The Kier molecular flexibility index (Phi) is 12.9. The maximum absolute atomic E-state index is 13.1. The lowest BCUT2D eigenvalue weighted by atomic mass is 10.2. The predicted molar refractivity (Wildman–Crippen MR) is 141 cm³/mol. The van der Waals surface area contributed by atoms with Crippen molar-refractivity contribution < 1.29 is 24.1 Å². The van der Waals surface area contributed by atoms with Crippen molar-refractivity contribution in [3.8, 4) is 23.0 Å². The Balaban J connectivity index is 0.000000199. The molecule has 0 amide bonds. The zero-order valence-corrected chi connectivity index (χ0v) is 21.5. The third kappa shape index (κ3) is 10.1. The SMILES string of the molecule is CCCN(CC)C(C)COc1ccccc1.Oc1ccc2c(c1F)SCCO2.Oc1ccccc1. The van der Waals surface area contributed by atoms with E-state index in [1.807, 2.05) is 36.4 Å². The number of aromatic hydroxyl groups is 2. The summed E-state index contributed by atoms with van der Waals surface area (Å²) in [5, 5.41) is 17.7. The molecule has 0 radical (unpaired) electrons. The molecule has 4 rings (SSSR count). The number of phenols is 2. The molecule has 35 heavy (non-hydrogen) atoms. The lowest BCUT2D eigenvalue weighted by molar-refractivity contribution is 0.152. The molecule has 0 fully saturated rings. The van der Waals surface area contributed by atoms with Gasteiger partial charge in [0.1, 0.15) is 23.9 Å². The van der Waals surface area contributed by atoms with Gasteiger partial charge in [0.25, 0.3) is 0 Å². The van der Waals surface area contributed by atoms with Gasteiger partial charge >= 0.3 is 0 Å². The molecule has 3 aromatic carbocycles. The zero-order valence-electron chi connectivity index (χ0n) is 20.7. The lowest BCUT2D eigenvalue weighted by Gasteiger charge is -2.27. The molecule has 2 N–H and O–H groups in total. The fourth-order valence-corrected chi connectivity index (χ4v) is 4.19. The monoisotopic (exact) mass is 501 g/mol. The Labute approximate surface area is 212 Å². The molecular weight excluding hydrogens is 465 g/mol. The molecule has 1 atom stereocenters. The number of hydrogen-bond donors (Lipinski definition) is 2. The van der Waals surface area contributed by atoms with Crippen molar-refractivity contribution in [3.05, 3.63) is 78.6 Å². The molecular formula is C28H36FNO4S. The van der Waals surface area contributed by atoms with Gasteiger partial charge in [0, 0.05) is 11.8 Å². The average molecular weight is 502 g/mol. The molecule has 5 nitrogen and oxygen atoms in total. The van der Waals surface area contributed by atoms with E-state index in [1.165, 1.54) is 24.2 Å². The van der Waals surface area contributed by atoms with Crippen LogP contribution in [0.4, 0.5) is 4.39 Å². The van der Waals surface area contributed by atoms with Crippen LogP contribution < -0.4 is 9.47 Å². The van der Waals surface area contributed by atoms with Crippen LogP contribution in [0.15, 0.2) is 77.7 Å². The molecule has 0 saturated carbocycles. The summed E-state index contributed by atoms with van der Waals surface area (Å²) in [5.41, 5.74) is 0. The van der Waals surface area contributed by atoms with Crippen LogP contribution in [0.25, 0.3) is 0 Å². The minimum Gasteiger partial charge on any atom is -0.508 e. The molecule has 1 heterocycles. The first kappa shape index (κ1) is 28.3. The van der Waals surface area contributed by atoms with E-state index in [9.17, 15) is 4.39 Å². The van der Waals surface area contributed by atoms with Crippen molar-refractivity contribution in [1.29, 1.82) is 0 Å². The third-order valence-corrected chi connectivity index (χ3v) is 6.20. The number of fused-ring (bicyclic) bond motifs is 1. The second-order valence-corrected chi connectivity index (χ2v) is 8.97. The molecule has 1 aliphatic heterocycles. The summed E-state index contributed by atoms with van der Waals surface area (Å²) in [5.74, 6) is 1.66. The van der Waals surface area contributed by atoms with Gasteiger partial charge in [-0.05, 0) is 62.8 Å². The van der Waals surface area contributed by atoms with E-state index in [0.717, 1.165) is 31.2 Å². The number of ether oxygens (including phenoxy) is 2. The van der Waals surface area contributed by atoms with Gasteiger partial charge in [0.15, 0.2) is 11.6 Å². The van der Waals surface area contributed by atoms with E-state index in [2.05, 4.69) is 25.7 Å². The highest BCUT2D eigenvalue weighted by atomic mass is 32.2. The van der Waals surface area contributed by atoms with Crippen molar-refractivity contribution >= 4 is 11.8 Å². The maximum Gasteiger partial charge on any atom is 0.182 e. The number of para-hydroxylation sites is 2. The maximum atomic E-state index is 13.1. The molecule has 0 aromatic heterocycles. The summed E-state index contributed by atoms with van der Waals surface area (Å²) < 4.78 is 24.1. The Morgan fingerprint density at radius 1 is 1.00 bits per heavy atom. The highest BCUT2D eigenvalue weighted by molar-refractivity contribution is 7.99. The first-order valence-corrected chi connectivity index (χ1v) is 12.9. The van der Waals surface area contributed by atoms with Gasteiger partial charge in [0.05, 0.1) is 11.5 Å². The third-order valence-electron chi connectivity index (χ3n) is 5.16. The molecule has 0 spiro atoms. The van der Waals surface area contributed by atoms with Crippen molar-refractivity contribution in [2.45, 2.75) is 38.1 Å². The van der Waals surface area contributed by atoms with Crippen LogP contribution in [0, 0.1) is 5.82 Å². The highest BCUT2D eigenvalue weighted by Gasteiger charge is 2.17. The molecule has 190 valence electrons. The van der Waals surface area contributed by atoms with Crippen LogP contribution in [-0.2, 0) is 0 Å². The number of hydrogen-bond acceptors (Lipinski definition) is 6. The Hall–Kier alpha value is -2.90. The first-order valence-electron chi connectivity index (χ1n) is 11.9. The minimum atomic E-state index is -0.572. The normalized spacial score (nSPS) is 12.7. The summed E-state index contributed by atoms with van der Waals surface area (Å²) in [6.45, 7) is 10.2. The molecule has 1 unspecified atom stereocenters. The Morgan fingerprint density at radius 2 is 1.66 bits per heavy atom. The summed E-state index contributed by atoms with van der Waals surface area (Å²) in [7, 11) is 0. The quantitative estimate of drug-likeness (QED) is 0.381. The number of nitrogens with zero attached hydrogens (tertiary/aromatic N) is 1. The number of likely N-dealkylation sites (N-methyl/N-ethyl adjacent to an activating group) is 1. The number of thioether (sulfide) groups is 1. The first-order chi connectivity index (χ1) is 17.0. The average Bonchev–Trinajstić information content (AvgIpc) is 2.90. The van der Waals surface area contributed by atoms with Gasteiger partial charge in [-0.2, -0.15) is 0 Å². The lowest BCUT2D eigenvalue weighted by Crippen LogP contribution is -2.37. The number of benzene rings is 3. The second kappa shape index (κ2) is 15.9. The van der Waals surface area contributed by atoms with Crippen molar-refractivity contribution in [2.24, 2.45) is 0 Å². The van der Waals surface area contributed by atoms with E-state index >= 15 is 0 Å². The van der Waals surface area contributed by atoms with E-state index in [1.54, 1.807) is 30.3 Å². The Morgan fingerprint density at radius 3 is 2.23 bits per heavy atom. The van der Waals surface area contributed by atoms with E-state index < -0.39 is 5.82 Å². The van der Waals surface area contributed by atoms with Crippen LogP contribution in [-0.4, -0.2) is 53.2 Å². The largest absolute Gasteiger partial charge is 0.508 e. The summed E-state index contributed by atoms with van der Waals surface area (Å²) in [6, 6.07) is 22.1. The fourth-order valence-electron chi connectivity index (χ4n) is 3.32. The van der Waals surface area contributed by atoms with Crippen LogP contribution in [0.3, 0.4) is 0 Å². The van der Waals surface area contributed by atoms with Gasteiger partial charge in [-0.1, -0.05) is 50.2 Å². The van der Waals surface area contributed by atoms with Crippen LogP contribution in [0.2, 0.25) is 0 Å². The van der Waals surface area contributed by atoms with Crippen molar-refractivity contribution in [1.82, 2.24) is 4.90 Å². The molecule has 0 aliphatic carbocycles. The molecule has 1 aliphatic rings. The van der Waals surface area contributed by atoms with Gasteiger partial charge in [-0.15, -0.1) is 11.8 Å². The number of rotatable bonds is 7. The van der Waals surface area contributed by atoms with Gasteiger partial charge in [0.2, 0.25) is 0 Å². The molecule has 0 saturated heterocycles. The summed E-state index contributed by atoms with van der Waals surface area (Å²) in [6.07, 6.45) is 1.20. The highest BCUT2D eigenvalue weighted by Crippen LogP contribution is 2.38. The smallest absolute Gasteiger partial charge is 0.182 e. The van der Waals surface area contributed by atoms with Crippen LogP contribution in [0.5, 0.6) is 23.0 Å². The molecule has 3 aromatic rings. The van der Waals surface area contributed by atoms with Crippen LogP contribution >= 0.6 is 11.8 Å². The predicted octanol–water partition coefficient (Wildman–Crippen LogP) is 6.59. The van der Waals surface area contributed by atoms with Crippen molar-refractivity contribution in [3.63, 3.8) is 0 Å². The van der Waals surface area contributed by atoms with Gasteiger partial charge in [-0.25, -0.2) is 4.39 Å². The van der Waals surface area contributed by atoms with Gasteiger partial charge < -0.3 is 19.7 Å². The number of phenolic OH excluding ortho intramolecular Hbond substituents is 2. The standard InChI is InChI=1S/C14H23NO.C8H7FO2S.C6H6O/c1-4-11-15(5-2)13(3)12-16-14-9-7-6-8-10-14;9-7-5(10)1-2-6-8(7)12-4-3-11-6;7-6-4-2-1-3-5-6/h6-10,13H,4-5,11-12H2,1-3H3;1-2,10H,3-4H2;1-5,7H. The Bertz CT molecular complexity index is 975. The topological polar surface area (TPSA) is 62.2 Å². The van der Waals surface area contributed by atoms with E-state index in [4.69, 9.17) is 19.7 Å². The van der Waals surface area contributed by atoms with Crippen LogP contribution in [0.1, 0.15) is 27.2 Å².